The van der Waals surface area contributed by atoms with Crippen LogP contribution in [0.15, 0.2) is 52.6 Å². The molecule has 0 bridgehead atoms. The smallest absolute Gasteiger partial charge is 0.263 e. The topological polar surface area (TPSA) is 34.9 Å². The maximum absolute atomic E-state index is 13.6. The third kappa shape index (κ3) is 3.27. The van der Waals surface area contributed by atoms with Crippen LogP contribution in [0.2, 0.25) is 0 Å². The SMILES string of the molecule is CCc1nc2scc(-c3ccc(C)cc3C)c2c(=O)n1Cc1cccc(F)c1. The first-order valence-electron chi connectivity index (χ1n) is 9.31. The molecule has 4 rings (SSSR count). The molecular formula is C23H21FN2OS. The van der Waals surface area contributed by atoms with Gasteiger partial charge in [-0.2, -0.15) is 0 Å². The highest BCUT2D eigenvalue weighted by atomic mass is 32.1. The first-order chi connectivity index (χ1) is 13.5. The number of hydrogen-bond acceptors (Lipinski definition) is 3. The number of nitrogens with zero attached hydrogens (tertiary/aromatic N) is 2. The van der Waals surface area contributed by atoms with Gasteiger partial charge in [0.25, 0.3) is 5.56 Å². The molecule has 0 N–H and O–H groups in total. The first-order valence-corrected chi connectivity index (χ1v) is 10.2. The normalized spacial score (nSPS) is 11.3. The summed E-state index contributed by atoms with van der Waals surface area (Å²) < 4.78 is 15.3. The van der Waals surface area contributed by atoms with E-state index in [1.165, 1.54) is 29.0 Å². The summed E-state index contributed by atoms with van der Waals surface area (Å²) in [4.78, 5) is 19.0. The van der Waals surface area contributed by atoms with Crippen LogP contribution in [0.25, 0.3) is 21.3 Å². The summed E-state index contributed by atoms with van der Waals surface area (Å²) >= 11 is 1.50. The lowest BCUT2D eigenvalue weighted by molar-refractivity contribution is 0.620. The monoisotopic (exact) mass is 392 g/mol. The Bertz CT molecular complexity index is 1240. The van der Waals surface area contributed by atoms with Crippen LogP contribution < -0.4 is 5.56 Å². The Morgan fingerprint density at radius 1 is 1.11 bits per heavy atom. The second kappa shape index (κ2) is 7.32. The Kier molecular flexibility index (Phi) is 4.85. The average molecular weight is 392 g/mol. The minimum atomic E-state index is -0.302. The number of benzene rings is 2. The molecule has 5 heteroatoms. The zero-order valence-electron chi connectivity index (χ0n) is 16.1. The molecule has 0 aliphatic rings. The molecule has 2 aromatic heterocycles. The molecule has 0 radical (unpaired) electrons. The van der Waals surface area contributed by atoms with E-state index in [-0.39, 0.29) is 11.4 Å². The van der Waals surface area contributed by atoms with Gasteiger partial charge < -0.3 is 0 Å². The number of thiophene rings is 1. The van der Waals surface area contributed by atoms with Crippen LogP contribution in [0.3, 0.4) is 0 Å². The summed E-state index contributed by atoms with van der Waals surface area (Å²) in [7, 11) is 0. The van der Waals surface area contributed by atoms with Gasteiger partial charge in [-0.3, -0.25) is 9.36 Å². The van der Waals surface area contributed by atoms with Gasteiger partial charge in [-0.25, -0.2) is 9.37 Å². The molecule has 142 valence electrons. The molecule has 0 fully saturated rings. The van der Waals surface area contributed by atoms with Gasteiger partial charge in [-0.15, -0.1) is 11.3 Å². The minimum absolute atomic E-state index is 0.0673. The van der Waals surface area contributed by atoms with Crippen molar-refractivity contribution in [2.24, 2.45) is 0 Å². The molecule has 0 saturated carbocycles. The summed E-state index contributed by atoms with van der Waals surface area (Å²) in [6, 6.07) is 12.6. The van der Waals surface area contributed by atoms with E-state index in [2.05, 4.69) is 32.0 Å². The zero-order valence-corrected chi connectivity index (χ0v) is 16.9. The van der Waals surface area contributed by atoms with Crippen molar-refractivity contribution < 1.29 is 4.39 Å². The predicted octanol–water partition coefficient (Wildman–Crippen LogP) is 5.49. The fourth-order valence-electron chi connectivity index (χ4n) is 3.63. The third-order valence-corrected chi connectivity index (χ3v) is 5.86. The largest absolute Gasteiger partial charge is 0.292 e. The molecule has 0 spiro atoms. The lowest BCUT2D eigenvalue weighted by atomic mass is 9.99. The van der Waals surface area contributed by atoms with Gasteiger partial charge in [0.15, 0.2) is 0 Å². The lowest BCUT2D eigenvalue weighted by Crippen LogP contribution is -2.25. The minimum Gasteiger partial charge on any atom is -0.292 e. The van der Waals surface area contributed by atoms with Crippen LogP contribution in [0, 0.1) is 19.7 Å². The van der Waals surface area contributed by atoms with E-state index >= 15 is 0 Å². The van der Waals surface area contributed by atoms with Crippen molar-refractivity contribution in [2.45, 2.75) is 33.7 Å². The van der Waals surface area contributed by atoms with Crippen molar-refractivity contribution in [3.63, 3.8) is 0 Å². The van der Waals surface area contributed by atoms with Crippen LogP contribution >= 0.6 is 11.3 Å². The third-order valence-electron chi connectivity index (χ3n) is 4.99. The van der Waals surface area contributed by atoms with Gasteiger partial charge >= 0.3 is 0 Å². The summed E-state index contributed by atoms with van der Waals surface area (Å²) in [5.41, 5.74) is 4.98. The van der Waals surface area contributed by atoms with Crippen molar-refractivity contribution in [2.75, 3.05) is 0 Å². The van der Waals surface area contributed by atoms with Crippen molar-refractivity contribution >= 4 is 21.6 Å². The zero-order chi connectivity index (χ0) is 19.8. The maximum atomic E-state index is 13.6. The first kappa shape index (κ1) is 18.6. The number of aromatic nitrogens is 2. The molecule has 2 aromatic carbocycles. The molecule has 0 atom stereocenters. The maximum Gasteiger partial charge on any atom is 0.263 e. The second-order valence-corrected chi connectivity index (χ2v) is 7.91. The molecule has 0 saturated heterocycles. The van der Waals surface area contributed by atoms with Gasteiger partial charge in [0.1, 0.15) is 16.5 Å². The Hall–Kier alpha value is -2.79. The van der Waals surface area contributed by atoms with Crippen molar-refractivity contribution in [1.29, 1.82) is 0 Å². The van der Waals surface area contributed by atoms with Crippen LogP contribution in [-0.4, -0.2) is 9.55 Å². The van der Waals surface area contributed by atoms with E-state index in [4.69, 9.17) is 4.98 Å². The van der Waals surface area contributed by atoms with Crippen LogP contribution in [0.1, 0.15) is 29.4 Å². The van der Waals surface area contributed by atoms with Crippen LogP contribution in [0.4, 0.5) is 4.39 Å². The Morgan fingerprint density at radius 2 is 1.93 bits per heavy atom. The van der Waals surface area contributed by atoms with E-state index < -0.39 is 0 Å². The van der Waals surface area contributed by atoms with E-state index in [1.54, 1.807) is 10.6 Å². The van der Waals surface area contributed by atoms with Crippen molar-refractivity contribution in [3.05, 3.63) is 86.5 Å². The van der Waals surface area contributed by atoms with Crippen LogP contribution in [0.5, 0.6) is 0 Å². The van der Waals surface area contributed by atoms with Crippen molar-refractivity contribution in [3.8, 4) is 11.1 Å². The fourth-order valence-corrected chi connectivity index (χ4v) is 4.58. The molecule has 2 heterocycles. The van der Waals surface area contributed by atoms with Crippen molar-refractivity contribution in [1.82, 2.24) is 9.55 Å². The van der Waals surface area contributed by atoms with Crippen LogP contribution in [-0.2, 0) is 13.0 Å². The second-order valence-electron chi connectivity index (χ2n) is 7.05. The Labute approximate surface area is 167 Å². The summed E-state index contributed by atoms with van der Waals surface area (Å²) in [6.45, 7) is 6.41. The molecule has 0 aliphatic carbocycles. The highest BCUT2D eigenvalue weighted by Gasteiger charge is 2.17. The lowest BCUT2D eigenvalue weighted by Gasteiger charge is -2.12. The summed E-state index contributed by atoms with van der Waals surface area (Å²) in [5.74, 6) is 0.417. The van der Waals surface area contributed by atoms with Gasteiger partial charge in [-0.05, 0) is 42.7 Å². The fraction of sp³-hybridized carbons (Fsp3) is 0.217. The number of halogens is 1. The number of fused-ring (bicyclic) bond motifs is 1. The summed E-state index contributed by atoms with van der Waals surface area (Å²) in [5, 5.41) is 2.66. The van der Waals surface area contributed by atoms with E-state index in [0.717, 1.165) is 32.9 Å². The number of hydrogen-bond donors (Lipinski definition) is 0. The molecule has 4 aromatic rings. The van der Waals surface area contributed by atoms with E-state index in [0.29, 0.717) is 18.4 Å². The summed E-state index contributed by atoms with van der Waals surface area (Å²) in [6.07, 6.45) is 0.636. The standard InChI is InChI=1S/C23H21FN2OS/c1-4-20-25-22-21(19(13-28-22)18-9-8-14(2)10-15(18)3)23(27)26(20)12-16-6-5-7-17(24)11-16/h5-11,13H,4,12H2,1-3H3. The molecule has 3 nitrogen and oxygen atoms in total. The molecule has 28 heavy (non-hydrogen) atoms. The molecule has 0 aliphatic heterocycles. The average Bonchev–Trinajstić information content (AvgIpc) is 3.08. The number of aryl methyl sites for hydroxylation is 3. The quantitative estimate of drug-likeness (QED) is 0.460. The highest BCUT2D eigenvalue weighted by Crippen LogP contribution is 2.33. The molecular weight excluding hydrogens is 371 g/mol. The van der Waals surface area contributed by atoms with Gasteiger partial charge in [0, 0.05) is 17.4 Å². The van der Waals surface area contributed by atoms with E-state index in [9.17, 15) is 9.18 Å². The molecule has 0 amide bonds. The Balaban J connectivity index is 1.93. The van der Waals surface area contributed by atoms with Gasteiger partial charge in [-0.1, -0.05) is 42.8 Å². The Morgan fingerprint density at radius 3 is 2.64 bits per heavy atom. The predicted molar refractivity (Wildman–Crippen MR) is 114 cm³/mol. The highest BCUT2D eigenvalue weighted by molar-refractivity contribution is 7.17. The number of rotatable bonds is 4. The van der Waals surface area contributed by atoms with Gasteiger partial charge in [0.2, 0.25) is 0 Å². The van der Waals surface area contributed by atoms with E-state index in [1.807, 2.05) is 18.4 Å². The van der Waals surface area contributed by atoms with Gasteiger partial charge in [0.05, 0.1) is 11.9 Å². The molecule has 0 unspecified atom stereocenters.